The number of hydrogen-bond acceptors (Lipinski definition) is 4. The first-order valence-electron chi connectivity index (χ1n) is 11.4. The average Bonchev–Trinajstić information content (AvgIpc) is 3.64. The summed E-state index contributed by atoms with van der Waals surface area (Å²) in [5.41, 5.74) is 2.38. The van der Waals surface area contributed by atoms with Crippen molar-refractivity contribution in [3.63, 3.8) is 0 Å². The lowest BCUT2D eigenvalue weighted by Crippen LogP contribution is -2.47. The molecule has 8 heteroatoms. The molecule has 3 aliphatic rings. The molecule has 0 bridgehead atoms. The molecule has 1 heterocycles. The first-order chi connectivity index (χ1) is 16.0. The molecule has 2 aliphatic carbocycles. The van der Waals surface area contributed by atoms with Gasteiger partial charge in [-0.25, -0.2) is 4.79 Å². The second-order valence-corrected chi connectivity index (χ2v) is 8.97. The molecule has 5 rings (SSSR count). The Labute approximate surface area is 191 Å². The van der Waals surface area contributed by atoms with E-state index < -0.39 is 17.5 Å². The van der Waals surface area contributed by atoms with Gasteiger partial charge < -0.3 is 16.0 Å². The molecule has 3 N–H and O–H groups in total. The van der Waals surface area contributed by atoms with Gasteiger partial charge in [-0.15, -0.1) is 0 Å². The third kappa shape index (κ3) is 4.08. The smallest absolute Gasteiger partial charge is 0.325 e. The van der Waals surface area contributed by atoms with Crippen molar-refractivity contribution >= 4 is 29.4 Å². The van der Waals surface area contributed by atoms with E-state index in [2.05, 4.69) is 16.0 Å². The van der Waals surface area contributed by atoms with Gasteiger partial charge in [0.2, 0.25) is 11.8 Å². The monoisotopic (exact) mass is 446 g/mol. The van der Waals surface area contributed by atoms with Crippen LogP contribution in [0.3, 0.4) is 0 Å². The second kappa shape index (κ2) is 8.35. The van der Waals surface area contributed by atoms with Gasteiger partial charge in [0, 0.05) is 18.2 Å². The molecule has 33 heavy (non-hydrogen) atoms. The molecule has 1 aliphatic heterocycles. The standard InChI is InChI=1S/C25H26N4O4/c30-21(26-14-16-7-11-19(12-8-16)27-22(31)18-9-10-18)15-29-23(32)25(28-24(29)33)13-3-5-17-4-1-2-6-20(17)25/h1-2,4,6-8,11-12,18H,3,5,9-10,13-15H2,(H,26,30)(H,27,31)(H,28,33)/t25-/m0/s1. The molecule has 1 saturated heterocycles. The van der Waals surface area contributed by atoms with Gasteiger partial charge in [0.15, 0.2) is 0 Å². The van der Waals surface area contributed by atoms with Crippen molar-refractivity contribution in [3.8, 4) is 0 Å². The molecule has 1 saturated carbocycles. The molecule has 1 atom stereocenters. The summed E-state index contributed by atoms with van der Waals surface area (Å²) >= 11 is 0. The van der Waals surface area contributed by atoms with E-state index >= 15 is 0 Å². The summed E-state index contributed by atoms with van der Waals surface area (Å²) in [5.74, 6) is -0.602. The zero-order chi connectivity index (χ0) is 23.0. The fraction of sp³-hybridized carbons (Fsp3) is 0.360. The van der Waals surface area contributed by atoms with Gasteiger partial charge in [0.05, 0.1) is 0 Å². The highest BCUT2D eigenvalue weighted by molar-refractivity contribution is 6.09. The Kier molecular flexibility index (Phi) is 5.36. The van der Waals surface area contributed by atoms with Crippen molar-refractivity contribution in [1.29, 1.82) is 0 Å². The predicted molar refractivity (Wildman–Crippen MR) is 121 cm³/mol. The third-order valence-electron chi connectivity index (χ3n) is 6.61. The second-order valence-electron chi connectivity index (χ2n) is 8.97. The Hall–Kier alpha value is -3.68. The van der Waals surface area contributed by atoms with Crippen LogP contribution in [0.2, 0.25) is 0 Å². The predicted octanol–water partition coefficient (Wildman–Crippen LogP) is 2.43. The topological polar surface area (TPSA) is 108 Å². The Bertz CT molecular complexity index is 1130. The van der Waals surface area contributed by atoms with E-state index in [4.69, 9.17) is 0 Å². The highest BCUT2D eigenvalue weighted by atomic mass is 16.2. The number of nitrogens with one attached hydrogen (secondary N) is 3. The van der Waals surface area contributed by atoms with Crippen LogP contribution in [0.15, 0.2) is 48.5 Å². The van der Waals surface area contributed by atoms with Crippen LogP contribution in [-0.2, 0) is 32.9 Å². The van der Waals surface area contributed by atoms with E-state index in [1.54, 1.807) is 12.1 Å². The highest BCUT2D eigenvalue weighted by Gasteiger charge is 2.54. The van der Waals surface area contributed by atoms with Crippen LogP contribution >= 0.6 is 0 Å². The van der Waals surface area contributed by atoms with Crippen LogP contribution in [-0.4, -0.2) is 35.2 Å². The number of anilines is 1. The molecule has 8 nitrogen and oxygen atoms in total. The molecule has 0 unspecified atom stereocenters. The summed E-state index contributed by atoms with van der Waals surface area (Å²) in [4.78, 5) is 51.3. The Morgan fingerprint density at radius 3 is 2.58 bits per heavy atom. The average molecular weight is 447 g/mol. The van der Waals surface area contributed by atoms with E-state index in [-0.39, 0.29) is 30.8 Å². The molecule has 2 aromatic carbocycles. The number of imide groups is 1. The molecule has 170 valence electrons. The minimum absolute atomic E-state index is 0.0444. The summed E-state index contributed by atoms with van der Waals surface area (Å²) in [6.45, 7) is -0.0720. The van der Waals surface area contributed by atoms with Gasteiger partial charge in [0.1, 0.15) is 12.1 Å². The van der Waals surface area contributed by atoms with Crippen LogP contribution in [0.5, 0.6) is 0 Å². The van der Waals surface area contributed by atoms with E-state index in [0.717, 1.165) is 53.0 Å². The molecule has 0 radical (unpaired) electrons. The van der Waals surface area contributed by atoms with E-state index in [0.29, 0.717) is 6.42 Å². The van der Waals surface area contributed by atoms with Crippen LogP contribution in [0.1, 0.15) is 42.4 Å². The van der Waals surface area contributed by atoms with Crippen LogP contribution < -0.4 is 16.0 Å². The van der Waals surface area contributed by atoms with Crippen LogP contribution in [0.25, 0.3) is 0 Å². The molecule has 2 aromatic rings. The number of fused-ring (bicyclic) bond motifs is 2. The fourth-order valence-corrected chi connectivity index (χ4v) is 4.65. The maximum absolute atomic E-state index is 13.3. The quantitative estimate of drug-likeness (QED) is 0.593. The van der Waals surface area contributed by atoms with Crippen molar-refractivity contribution in [2.24, 2.45) is 5.92 Å². The summed E-state index contributed by atoms with van der Waals surface area (Å²) in [6.07, 6.45) is 4.07. The van der Waals surface area contributed by atoms with E-state index in [1.807, 2.05) is 36.4 Å². The Morgan fingerprint density at radius 1 is 1.06 bits per heavy atom. The van der Waals surface area contributed by atoms with Crippen molar-refractivity contribution in [2.45, 2.75) is 44.2 Å². The number of amides is 5. The summed E-state index contributed by atoms with van der Waals surface area (Å²) in [6, 6.07) is 14.4. The van der Waals surface area contributed by atoms with Gasteiger partial charge >= 0.3 is 6.03 Å². The maximum atomic E-state index is 13.3. The maximum Gasteiger partial charge on any atom is 0.325 e. The molecule has 5 amide bonds. The lowest BCUT2D eigenvalue weighted by atomic mass is 9.76. The largest absolute Gasteiger partial charge is 0.350 e. The SMILES string of the molecule is O=C(CN1C(=O)N[C@]2(CCCc3ccccc32)C1=O)NCc1ccc(NC(=O)C2CC2)cc1. The fourth-order valence-electron chi connectivity index (χ4n) is 4.65. The molecular formula is C25H26N4O4. The molecule has 1 spiro atoms. The van der Waals surface area contributed by atoms with Gasteiger partial charge in [-0.1, -0.05) is 36.4 Å². The minimum Gasteiger partial charge on any atom is -0.350 e. The van der Waals surface area contributed by atoms with Crippen LogP contribution in [0, 0.1) is 5.92 Å². The first-order valence-corrected chi connectivity index (χ1v) is 11.4. The Morgan fingerprint density at radius 2 is 1.82 bits per heavy atom. The van der Waals surface area contributed by atoms with Gasteiger partial charge in [0.25, 0.3) is 5.91 Å². The van der Waals surface area contributed by atoms with Crippen molar-refractivity contribution in [1.82, 2.24) is 15.5 Å². The molecular weight excluding hydrogens is 420 g/mol. The number of urea groups is 1. The van der Waals surface area contributed by atoms with E-state index in [1.165, 1.54) is 0 Å². The molecule has 0 aromatic heterocycles. The van der Waals surface area contributed by atoms with Gasteiger partial charge in [-0.2, -0.15) is 0 Å². The number of carbonyl (C=O) groups excluding carboxylic acids is 4. The summed E-state index contributed by atoms with van der Waals surface area (Å²) in [7, 11) is 0. The lowest BCUT2D eigenvalue weighted by molar-refractivity contribution is -0.135. The van der Waals surface area contributed by atoms with Crippen LogP contribution in [0.4, 0.5) is 10.5 Å². The third-order valence-corrected chi connectivity index (χ3v) is 6.61. The summed E-state index contributed by atoms with van der Waals surface area (Å²) < 4.78 is 0. The van der Waals surface area contributed by atoms with E-state index in [9.17, 15) is 19.2 Å². The minimum atomic E-state index is -1.08. The number of carbonyl (C=O) groups is 4. The normalized spacial score (nSPS) is 21.5. The highest BCUT2D eigenvalue weighted by Crippen LogP contribution is 2.39. The zero-order valence-electron chi connectivity index (χ0n) is 18.2. The lowest BCUT2D eigenvalue weighted by Gasteiger charge is -2.33. The molecule has 2 fully saturated rings. The Balaban J connectivity index is 1.19. The van der Waals surface area contributed by atoms with Gasteiger partial charge in [-0.05, 0) is 60.9 Å². The zero-order valence-corrected chi connectivity index (χ0v) is 18.2. The number of nitrogens with zero attached hydrogens (tertiary/aromatic N) is 1. The van der Waals surface area contributed by atoms with Crippen molar-refractivity contribution < 1.29 is 19.2 Å². The van der Waals surface area contributed by atoms with Crippen molar-refractivity contribution in [2.75, 3.05) is 11.9 Å². The first kappa shape index (κ1) is 21.2. The summed E-state index contributed by atoms with van der Waals surface area (Å²) in [5, 5.41) is 8.50. The number of rotatable bonds is 6. The number of benzene rings is 2. The van der Waals surface area contributed by atoms with Crippen molar-refractivity contribution in [3.05, 3.63) is 65.2 Å². The van der Waals surface area contributed by atoms with Gasteiger partial charge in [-0.3, -0.25) is 19.3 Å². The number of hydrogen-bond donors (Lipinski definition) is 3. The number of aryl methyl sites for hydroxylation is 1.